The van der Waals surface area contributed by atoms with Gasteiger partial charge in [0, 0.05) is 11.3 Å². The molecule has 3 rings (SSSR count). The van der Waals surface area contributed by atoms with Gasteiger partial charge >= 0.3 is 5.97 Å². The molecule has 2 N–H and O–H groups in total. The number of hydrogen-bond acceptors (Lipinski definition) is 4. The summed E-state index contributed by atoms with van der Waals surface area (Å²) in [7, 11) is 0. The molecule has 0 spiro atoms. The van der Waals surface area contributed by atoms with Crippen molar-refractivity contribution >= 4 is 17.7 Å². The smallest absolute Gasteiger partial charge is 0.321 e. The highest BCUT2D eigenvalue weighted by atomic mass is 32.2. The Bertz CT molecular complexity index is 647. The number of carboxylic acid groups (broad SMARTS) is 1. The summed E-state index contributed by atoms with van der Waals surface area (Å²) in [5.41, 5.74) is 2.15. The Balaban J connectivity index is 1.68. The molecule has 2 atom stereocenters. The Labute approximate surface area is 133 Å². The molecule has 1 aliphatic heterocycles. The summed E-state index contributed by atoms with van der Waals surface area (Å²) >= 11 is 1.58. The lowest BCUT2D eigenvalue weighted by atomic mass is 10.1. The number of ether oxygens (including phenoxy) is 1. The molecule has 0 aromatic heterocycles. The fourth-order valence-electron chi connectivity index (χ4n) is 2.39. The highest BCUT2D eigenvalue weighted by Gasteiger charge is 2.29. The predicted molar refractivity (Wildman–Crippen MR) is 88.2 cm³/mol. The molecule has 114 valence electrons. The number of aliphatic carboxylic acids is 1. The van der Waals surface area contributed by atoms with Gasteiger partial charge in [-0.25, -0.2) is 0 Å². The zero-order valence-electron chi connectivity index (χ0n) is 11.9. The van der Waals surface area contributed by atoms with Crippen molar-refractivity contribution in [3.63, 3.8) is 0 Å². The van der Waals surface area contributed by atoms with E-state index in [0.717, 1.165) is 16.9 Å². The summed E-state index contributed by atoms with van der Waals surface area (Å²) in [6.45, 7) is 0.443. The SMILES string of the molecule is O=C(O)C1CSC(COc2ccccc2-c2ccccc2)N1. The lowest BCUT2D eigenvalue weighted by Gasteiger charge is -2.15. The van der Waals surface area contributed by atoms with Crippen molar-refractivity contribution in [3.05, 3.63) is 54.6 Å². The number of hydrogen-bond donors (Lipinski definition) is 2. The van der Waals surface area contributed by atoms with E-state index in [2.05, 4.69) is 5.32 Å². The van der Waals surface area contributed by atoms with Gasteiger partial charge in [-0.2, -0.15) is 0 Å². The molecule has 2 unspecified atom stereocenters. The first kappa shape index (κ1) is 14.9. The van der Waals surface area contributed by atoms with E-state index in [-0.39, 0.29) is 5.37 Å². The fraction of sp³-hybridized carbons (Fsp3) is 0.235. The van der Waals surface area contributed by atoms with Crippen molar-refractivity contribution in [2.24, 2.45) is 0 Å². The van der Waals surface area contributed by atoms with E-state index in [4.69, 9.17) is 9.84 Å². The van der Waals surface area contributed by atoms with Gasteiger partial charge in [-0.05, 0) is 11.6 Å². The van der Waals surface area contributed by atoms with Gasteiger partial charge in [-0.3, -0.25) is 10.1 Å². The van der Waals surface area contributed by atoms with E-state index in [1.54, 1.807) is 11.8 Å². The Morgan fingerprint density at radius 1 is 1.18 bits per heavy atom. The predicted octanol–water partition coefficient (Wildman–Crippen LogP) is 2.85. The first-order valence-corrected chi connectivity index (χ1v) is 8.16. The third-order valence-corrected chi connectivity index (χ3v) is 4.71. The van der Waals surface area contributed by atoms with Crippen LogP contribution in [-0.2, 0) is 4.79 Å². The van der Waals surface area contributed by atoms with Crippen LogP contribution in [0.1, 0.15) is 0 Å². The van der Waals surface area contributed by atoms with E-state index in [9.17, 15) is 4.79 Å². The van der Waals surface area contributed by atoms with E-state index >= 15 is 0 Å². The van der Waals surface area contributed by atoms with Crippen molar-refractivity contribution in [2.75, 3.05) is 12.4 Å². The Morgan fingerprint density at radius 3 is 2.64 bits per heavy atom. The van der Waals surface area contributed by atoms with Crippen LogP contribution in [0.4, 0.5) is 0 Å². The second-order valence-electron chi connectivity index (χ2n) is 5.05. The molecule has 22 heavy (non-hydrogen) atoms. The maximum Gasteiger partial charge on any atom is 0.321 e. The van der Waals surface area contributed by atoms with Gasteiger partial charge in [0.1, 0.15) is 18.4 Å². The summed E-state index contributed by atoms with van der Waals surface area (Å²) in [6, 6.07) is 17.5. The average molecular weight is 315 g/mol. The lowest BCUT2D eigenvalue weighted by molar-refractivity contribution is -0.138. The van der Waals surface area contributed by atoms with Gasteiger partial charge < -0.3 is 9.84 Å². The first-order chi connectivity index (χ1) is 10.7. The number of carbonyl (C=O) groups is 1. The molecule has 4 nitrogen and oxygen atoms in total. The van der Waals surface area contributed by atoms with Crippen molar-refractivity contribution < 1.29 is 14.6 Å². The number of rotatable bonds is 5. The van der Waals surface area contributed by atoms with Crippen molar-refractivity contribution in [2.45, 2.75) is 11.4 Å². The zero-order valence-corrected chi connectivity index (χ0v) is 12.8. The van der Waals surface area contributed by atoms with E-state index in [0.29, 0.717) is 12.4 Å². The highest BCUT2D eigenvalue weighted by Crippen LogP contribution is 2.30. The van der Waals surface area contributed by atoms with Crippen LogP contribution in [0.2, 0.25) is 0 Å². The quantitative estimate of drug-likeness (QED) is 0.888. The topological polar surface area (TPSA) is 58.6 Å². The van der Waals surface area contributed by atoms with Gasteiger partial charge in [-0.1, -0.05) is 48.5 Å². The van der Waals surface area contributed by atoms with E-state index < -0.39 is 12.0 Å². The maximum atomic E-state index is 10.9. The van der Waals surface area contributed by atoms with Crippen molar-refractivity contribution in [1.29, 1.82) is 0 Å². The Hall–Kier alpha value is -1.98. The molecule has 1 saturated heterocycles. The van der Waals surface area contributed by atoms with E-state index in [1.807, 2.05) is 54.6 Å². The molecule has 1 heterocycles. The molecule has 0 saturated carbocycles. The van der Waals surface area contributed by atoms with Crippen molar-refractivity contribution in [3.8, 4) is 16.9 Å². The van der Waals surface area contributed by atoms with Gasteiger partial charge in [0.15, 0.2) is 0 Å². The van der Waals surface area contributed by atoms with E-state index in [1.165, 1.54) is 0 Å². The second-order valence-corrected chi connectivity index (χ2v) is 6.29. The first-order valence-electron chi connectivity index (χ1n) is 7.12. The van der Waals surface area contributed by atoms with Crippen LogP contribution in [0, 0.1) is 0 Å². The summed E-state index contributed by atoms with van der Waals surface area (Å²) in [6.07, 6.45) is 0. The summed E-state index contributed by atoms with van der Waals surface area (Å²) in [5.74, 6) is 0.582. The molecule has 0 radical (unpaired) electrons. The fourth-order valence-corrected chi connectivity index (χ4v) is 3.47. The normalized spacial score (nSPS) is 20.7. The second kappa shape index (κ2) is 6.85. The van der Waals surface area contributed by atoms with Crippen molar-refractivity contribution in [1.82, 2.24) is 5.32 Å². The minimum atomic E-state index is -0.806. The average Bonchev–Trinajstić information content (AvgIpc) is 3.03. The van der Waals surface area contributed by atoms with Crippen LogP contribution in [0.25, 0.3) is 11.1 Å². The number of thioether (sulfide) groups is 1. The zero-order chi connectivity index (χ0) is 15.4. The molecule has 1 aliphatic rings. The minimum Gasteiger partial charge on any atom is -0.490 e. The number of nitrogens with one attached hydrogen (secondary N) is 1. The van der Waals surface area contributed by atoms with Crippen LogP contribution in [-0.4, -0.2) is 34.9 Å². The standard InChI is InChI=1S/C17H17NO3S/c19-17(20)14-11-22-16(18-14)10-21-15-9-5-4-8-13(15)12-6-2-1-3-7-12/h1-9,14,16,18H,10-11H2,(H,19,20). The van der Waals surface area contributed by atoms with Crippen LogP contribution in [0.15, 0.2) is 54.6 Å². The minimum absolute atomic E-state index is 0.00456. The Kier molecular flexibility index (Phi) is 4.65. The molecule has 2 aromatic carbocycles. The summed E-state index contributed by atoms with van der Waals surface area (Å²) < 4.78 is 5.93. The van der Waals surface area contributed by atoms with Crippen LogP contribution in [0.3, 0.4) is 0 Å². The molecular formula is C17H17NO3S. The molecule has 2 aromatic rings. The van der Waals surface area contributed by atoms with Gasteiger partial charge in [-0.15, -0.1) is 11.8 Å². The van der Waals surface area contributed by atoms with Gasteiger partial charge in [0.25, 0.3) is 0 Å². The third kappa shape index (κ3) is 3.43. The lowest BCUT2D eigenvalue weighted by Crippen LogP contribution is -2.38. The molecular weight excluding hydrogens is 298 g/mol. The number of carboxylic acids is 1. The summed E-state index contributed by atoms with van der Waals surface area (Å²) in [5, 5.41) is 12.1. The van der Waals surface area contributed by atoms with Gasteiger partial charge in [0.05, 0.1) is 5.37 Å². The Morgan fingerprint density at radius 2 is 1.91 bits per heavy atom. The van der Waals surface area contributed by atoms with Crippen LogP contribution in [0.5, 0.6) is 5.75 Å². The molecule has 0 bridgehead atoms. The molecule has 5 heteroatoms. The van der Waals surface area contributed by atoms with Crippen LogP contribution >= 0.6 is 11.8 Å². The maximum absolute atomic E-state index is 10.9. The largest absolute Gasteiger partial charge is 0.490 e. The number of para-hydroxylation sites is 1. The van der Waals surface area contributed by atoms with Crippen LogP contribution < -0.4 is 10.1 Å². The molecule has 0 aliphatic carbocycles. The number of benzene rings is 2. The summed E-state index contributed by atoms with van der Waals surface area (Å²) in [4.78, 5) is 10.9. The monoisotopic (exact) mass is 315 g/mol. The molecule has 0 amide bonds. The van der Waals surface area contributed by atoms with Gasteiger partial charge in [0.2, 0.25) is 0 Å². The highest BCUT2D eigenvalue weighted by molar-refractivity contribution is 8.00. The molecule has 1 fully saturated rings. The third-order valence-electron chi connectivity index (χ3n) is 3.51.